The van der Waals surface area contributed by atoms with E-state index in [1.807, 2.05) is 25.1 Å². The third-order valence-corrected chi connectivity index (χ3v) is 3.39. The summed E-state index contributed by atoms with van der Waals surface area (Å²) in [6, 6.07) is 8.15. The van der Waals surface area contributed by atoms with E-state index >= 15 is 0 Å². The average molecular weight is 204 g/mol. The predicted molar refractivity (Wildman–Crippen MR) is 58.8 cm³/mol. The molecule has 1 N–H and O–H groups in total. The quantitative estimate of drug-likeness (QED) is 0.822. The molecule has 0 aromatic heterocycles. The van der Waals surface area contributed by atoms with Crippen LogP contribution >= 0.6 is 0 Å². The minimum atomic E-state index is -0.629. The average Bonchev–Trinajstić information content (AvgIpc) is 2.11. The fourth-order valence-corrected chi connectivity index (χ4v) is 2.28. The molecular weight excluding hydrogens is 188 g/mol. The smallest absolute Gasteiger partial charge is 0.309 e. The number of carbonyl (C=O) groups is 1. The van der Waals surface area contributed by atoms with Gasteiger partial charge in [-0.3, -0.25) is 4.79 Å². The van der Waals surface area contributed by atoms with Crippen molar-refractivity contribution in [2.24, 2.45) is 5.41 Å². The Balaban J connectivity index is 2.17. The number of hydrogen-bond acceptors (Lipinski definition) is 1. The lowest BCUT2D eigenvalue weighted by Gasteiger charge is -2.37. The lowest BCUT2D eigenvalue weighted by atomic mass is 9.65. The SMILES string of the molecule is Cc1cccc(CC2(C(=O)O)CCC2)c1. The number of hydrogen-bond donors (Lipinski definition) is 1. The van der Waals surface area contributed by atoms with Crippen LogP contribution in [0.2, 0.25) is 0 Å². The van der Waals surface area contributed by atoms with Gasteiger partial charge in [0.2, 0.25) is 0 Å². The van der Waals surface area contributed by atoms with Gasteiger partial charge >= 0.3 is 5.97 Å². The molecule has 1 aromatic carbocycles. The van der Waals surface area contributed by atoms with E-state index in [4.69, 9.17) is 0 Å². The van der Waals surface area contributed by atoms with Crippen molar-refractivity contribution in [1.29, 1.82) is 0 Å². The van der Waals surface area contributed by atoms with Gasteiger partial charge in [-0.25, -0.2) is 0 Å². The van der Waals surface area contributed by atoms with Gasteiger partial charge in [0.25, 0.3) is 0 Å². The molecule has 0 saturated heterocycles. The summed E-state index contributed by atoms with van der Waals surface area (Å²) < 4.78 is 0. The fraction of sp³-hybridized carbons (Fsp3) is 0.462. The van der Waals surface area contributed by atoms with E-state index in [0.29, 0.717) is 6.42 Å². The van der Waals surface area contributed by atoms with Crippen LogP contribution in [0.15, 0.2) is 24.3 Å². The van der Waals surface area contributed by atoms with E-state index in [1.54, 1.807) is 0 Å². The summed E-state index contributed by atoms with van der Waals surface area (Å²) in [5.41, 5.74) is 1.89. The van der Waals surface area contributed by atoms with Crippen molar-refractivity contribution in [3.63, 3.8) is 0 Å². The lowest BCUT2D eigenvalue weighted by molar-refractivity contribution is -0.154. The molecule has 0 atom stereocenters. The van der Waals surface area contributed by atoms with Gasteiger partial charge in [-0.1, -0.05) is 36.2 Å². The van der Waals surface area contributed by atoms with Gasteiger partial charge < -0.3 is 5.11 Å². The second-order valence-electron chi connectivity index (χ2n) is 4.60. The number of carboxylic acid groups (broad SMARTS) is 1. The van der Waals surface area contributed by atoms with E-state index in [0.717, 1.165) is 24.8 Å². The Morgan fingerprint density at radius 3 is 2.67 bits per heavy atom. The van der Waals surface area contributed by atoms with Gasteiger partial charge in [0.05, 0.1) is 5.41 Å². The molecule has 2 rings (SSSR count). The van der Waals surface area contributed by atoms with Crippen molar-refractivity contribution in [1.82, 2.24) is 0 Å². The molecule has 15 heavy (non-hydrogen) atoms. The highest BCUT2D eigenvalue weighted by atomic mass is 16.4. The first-order valence-corrected chi connectivity index (χ1v) is 5.41. The second kappa shape index (κ2) is 3.69. The minimum absolute atomic E-state index is 0.464. The summed E-state index contributed by atoms with van der Waals surface area (Å²) in [5, 5.41) is 9.21. The zero-order valence-corrected chi connectivity index (χ0v) is 8.99. The van der Waals surface area contributed by atoms with Crippen molar-refractivity contribution in [3.05, 3.63) is 35.4 Å². The second-order valence-corrected chi connectivity index (χ2v) is 4.60. The molecule has 1 aliphatic carbocycles. The summed E-state index contributed by atoms with van der Waals surface area (Å²) in [4.78, 5) is 11.2. The number of benzene rings is 1. The Bertz CT molecular complexity index is 378. The first-order valence-electron chi connectivity index (χ1n) is 5.41. The first kappa shape index (κ1) is 10.2. The molecule has 0 heterocycles. The van der Waals surface area contributed by atoms with Crippen LogP contribution < -0.4 is 0 Å². The molecular formula is C13H16O2. The van der Waals surface area contributed by atoms with E-state index in [-0.39, 0.29) is 0 Å². The molecule has 0 aliphatic heterocycles. The Labute approximate surface area is 89.9 Å². The monoisotopic (exact) mass is 204 g/mol. The zero-order chi connectivity index (χ0) is 10.9. The van der Waals surface area contributed by atoms with Crippen molar-refractivity contribution >= 4 is 5.97 Å². The Hall–Kier alpha value is -1.31. The van der Waals surface area contributed by atoms with Crippen LogP contribution in [0.3, 0.4) is 0 Å². The number of aryl methyl sites for hydroxylation is 1. The molecule has 80 valence electrons. The molecule has 0 spiro atoms. The third kappa shape index (κ3) is 1.89. The maximum atomic E-state index is 11.2. The minimum Gasteiger partial charge on any atom is -0.481 e. The Kier molecular flexibility index (Phi) is 2.51. The van der Waals surface area contributed by atoms with Crippen molar-refractivity contribution in [3.8, 4) is 0 Å². The van der Waals surface area contributed by atoms with Crippen LogP contribution in [-0.4, -0.2) is 11.1 Å². The highest BCUT2D eigenvalue weighted by Gasteiger charge is 2.44. The van der Waals surface area contributed by atoms with Gasteiger partial charge in [0.1, 0.15) is 0 Å². The van der Waals surface area contributed by atoms with E-state index in [2.05, 4.69) is 6.07 Å². The van der Waals surface area contributed by atoms with Gasteiger partial charge in [-0.15, -0.1) is 0 Å². The summed E-state index contributed by atoms with van der Waals surface area (Å²) in [6.07, 6.45) is 3.40. The van der Waals surface area contributed by atoms with E-state index in [1.165, 1.54) is 5.56 Å². The molecule has 0 amide bonds. The zero-order valence-electron chi connectivity index (χ0n) is 8.99. The molecule has 0 unspecified atom stereocenters. The molecule has 1 fully saturated rings. The Morgan fingerprint density at radius 1 is 1.47 bits per heavy atom. The van der Waals surface area contributed by atoms with Gasteiger partial charge in [-0.05, 0) is 31.7 Å². The molecule has 2 nitrogen and oxygen atoms in total. The topological polar surface area (TPSA) is 37.3 Å². The normalized spacial score (nSPS) is 18.2. The summed E-state index contributed by atoms with van der Waals surface area (Å²) in [6.45, 7) is 2.04. The molecule has 0 bridgehead atoms. The molecule has 2 heteroatoms. The largest absolute Gasteiger partial charge is 0.481 e. The predicted octanol–water partition coefficient (Wildman–Crippen LogP) is 2.79. The Morgan fingerprint density at radius 2 is 2.20 bits per heavy atom. The standard InChI is InChI=1S/C13H16O2/c1-10-4-2-5-11(8-10)9-13(12(14)15)6-3-7-13/h2,4-5,8H,3,6-7,9H2,1H3,(H,14,15). The van der Waals surface area contributed by atoms with Crippen LogP contribution in [0.5, 0.6) is 0 Å². The van der Waals surface area contributed by atoms with Crippen LogP contribution in [0, 0.1) is 12.3 Å². The maximum absolute atomic E-state index is 11.2. The summed E-state index contributed by atoms with van der Waals surface area (Å²) in [5.74, 6) is -0.629. The third-order valence-electron chi connectivity index (χ3n) is 3.39. The number of aliphatic carboxylic acids is 1. The highest BCUT2D eigenvalue weighted by Crippen LogP contribution is 2.43. The van der Waals surface area contributed by atoms with E-state index in [9.17, 15) is 9.90 Å². The lowest BCUT2D eigenvalue weighted by Crippen LogP contribution is -2.39. The molecule has 1 aromatic rings. The van der Waals surface area contributed by atoms with Crippen molar-refractivity contribution in [2.45, 2.75) is 32.6 Å². The van der Waals surface area contributed by atoms with Crippen molar-refractivity contribution in [2.75, 3.05) is 0 Å². The molecule has 1 aliphatic rings. The number of carboxylic acids is 1. The van der Waals surface area contributed by atoms with Crippen LogP contribution in [-0.2, 0) is 11.2 Å². The van der Waals surface area contributed by atoms with Gasteiger partial charge in [0.15, 0.2) is 0 Å². The fourth-order valence-electron chi connectivity index (χ4n) is 2.28. The first-order chi connectivity index (χ1) is 7.12. The number of rotatable bonds is 3. The van der Waals surface area contributed by atoms with Crippen LogP contribution in [0.4, 0.5) is 0 Å². The highest BCUT2D eigenvalue weighted by molar-refractivity contribution is 5.76. The van der Waals surface area contributed by atoms with E-state index < -0.39 is 11.4 Å². The van der Waals surface area contributed by atoms with Gasteiger partial charge in [-0.2, -0.15) is 0 Å². The van der Waals surface area contributed by atoms with Gasteiger partial charge in [0, 0.05) is 0 Å². The molecule has 0 radical (unpaired) electrons. The summed E-state index contributed by atoms with van der Waals surface area (Å²) >= 11 is 0. The molecule has 1 saturated carbocycles. The van der Waals surface area contributed by atoms with Crippen LogP contribution in [0.25, 0.3) is 0 Å². The van der Waals surface area contributed by atoms with Crippen LogP contribution in [0.1, 0.15) is 30.4 Å². The maximum Gasteiger partial charge on any atom is 0.309 e. The summed E-state index contributed by atoms with van der Waals surface area (Å²) in [7, 11) is 0. The van der Waals surface area contributed by atoms with Crippen molar-refractivity contribution < 1.29 is 9.90 Å².